The third-order valence-electron chi connectivity index (χ3n) is 2.68. The van der Waals surface area contributed by atoms with E-state index in [1.54, 1.807) is 12.4 Å². The summed E-state index contributed by atoms with van der Waals surface area (Å²) in [7, 11) is 0. The zero-order valence-electron chi connectivity index (χ0n) is 9.61. The van der Waals surface area contributed by atoms with E-state index in [-0.39, 0.29) is 11.9 Å². The third kappa shape index (κ3) is 3.35. The number of nitrogens with two attached hydrogens (primary N) is 1. The van der Waals surface area contributed by atoms with Gasteiger partial charge in [-0.3, -0.25) is 16.3 Å². The smallest absolute Gasteiger partial charge is 0.124 e. The van der Waals surface area contributed by atoms with E-state index in [9.17, 15) is 4.39 Å². The molecule has 0 radical (unpaired) electrons. The van der Waals surface area contributed by atoms with Gasteiger partial charge in [0.15, 0.2) is 0 Å². The van der Waals surface area contributed by atoms with E-state index in [1.807, 2.05) is 18.2 Å². The van der Waals surface area contributed by atoms with Crippen LogP contribution in [0.5, 0.6) is 0 Å². The second-order valence-electron chi connectivity index (χ2n) is 3.98. The predicted octanol–water partition coefficient (Wildman–Crippen LogP) is 2.73. The van der Waals surface area contributed by atoms with E-state index in [0.29, 0.717) is 10.9 Å². The number of rotatable bonds is 4. The van der Waals surface area contributed by atoms with Crippen LogP contribution in [0.4, 0.5) is 4.39 Å². The molecular formula is C13H13BrFN3. The lowest BCUT2D eigenvalue weighted by molar-refractivity contribution is 0.544. The van der Waals surface area contributed by atoms with E-state index >= 15 is 0 Å². The Kier molecular flexibility index (Phi) is 4.41. The summed E-state index contributed by atoms with van der Waals surface area (Å²) in [4.78, 5) is 3.96. The van der Waals surface area contributed by atoms with Crippen molar-refractivity contribution in [3.63, 3.8) is 0 Å². The Labute approximate surface area is 113 Å². The number of nitrogens with one attached hydrogen (secondary N) is 1. The molecule has 1 unspecified atom stereocenters. The second-order valence-corrected chi connectivity index (χ2v) is 4.90. The number of nitrogens with zero attached hydrogens (tertiary/aromatic N) is 1. The highest BCUT2D eigenvalue weighted by Crippen LogP contribution is 2.22. The summed E-state index contributed by atoms with van der Waals surface area (Å²) in [5.74, 6) is 5.27. The maximum atomic E-state index is 13.4. The summed E-state index contributed by atoms with van der Waals surface area (Å²) in [6, 6.07) is 8.45. The number of pyridine rings is 1. The summed E-state index contributed by atoms with van der Waals surface area (Å²) >= 11 is 3.28. The van der Waals surface area contributed by atoms with Gasteiger partial charge in [-0.05, 0) is 47.9 Å². The molecule has 0 bridgehead atoms. The van der Waals surface area contributed by atoms with Crippen molar-refractivity contribution in [3.8, 4) is 0 Å². The zero-order valence-corrected chi connectivity index (χ0v) is 11.2. The molecule has 3 N–H and O–H groups in total. The molecule has 1 aromatic heterocycles. The van der Waals surface area contributed by atoms with Gasteiger partial charge >= 0.3 is 0 Å². The van der Waals surface area contributed by atoms with Crippen LogP contribution in [0.1, 0.15) is 17.2 Å². The largest absolute Gasteiger partial charge is 0.271 e. The summed E-state index contributed by atoms with van der Waals surface area (Å²) in [5, 5.41) is 0. The van der Waals surface area contributed by atoms with Crippen molar-refractivity contribution in [2.24, 2.45) is 5.84 Å². The van der Waals surface area contributed by atoms with Gasteiger partial charge in [-0.15, -0.1) is 0 Å². The molecule has 2 aromatic rings. The molecule has 1 heterocycles. The summed E-state index contributed by atoms with van der Waals surface area (Å²) in [5.41, 5.74) is 4.61. The van der Waals surface area contributed by atoms with Gasteiger partial charge in [0.25, 0.3) is 0 Å². The molecule has 0 amide bonds. The Balaban J connectivity index is 2.23. The number of benzene rings is 1. The van der Waals surface area contributed by atoms with Crippen LogP contribution in [-0.2, 0) is 6.42 Å². The van der Waals surface area contributed by atoms with E-state index in [0.717, 1.165) is 11.1 Å². The van der Waals surface area contributed by atoms with Gasteiger partial charge in [-0.2, -0.15) is 0 Å². The molecule has 0 aliphatic carbocycles. The van der Waals surface area contributed by atoms with Crippen LogP contribution in [-0.4, -0.2) is 4.98 Å². The molecule has 1 atom stereocenters. The van der Waals surface area contributed by atoms with Gasteiger partial charge < -0.3 is 0 Å². The quantitative estimate of drug-likeness (QED) is 0.674. The molecule has 0 fully saturated rings. The van der Waals surface area contributed by atoms with E-state index in [4.69, 9.17) is 5.84 Å². The molecule has 0 aliphatic rings. The number of aromatic nitrogens is 1. The Hall–Kier alpha value is -1.30. The molecule has 1 aromatic carbocycles. The number of hydrazine groups is 1. The van der Waals surface area contributed by atoms with Gasteiger partial charge in [0.05, 0.1) is 6.04 Å². The predicted molar refractivity (Wildman–Crippen MR) is 72.1 cm³/mol. The highest BCUT2D eigenvalue weighted by atomic mass is 79.9. The molecule has 0 saturated carbocycles. The minimum atomic E-state index is -0.283. The van der Waals surface area contributed by atoms with Crippen LogP contribution in [0.15, 0.2) is 47.2 Å². The van der Waals surface area contributed by atoms with E-state index < -0.39 is 0 Å². The lowest BCUT2D eigenvalue weighted by Crippen LogP contribution is -2.29. The maximum absolute atomic E-state index is 13.4. The van der Waals surface area contributed by atoms with Crippen molar-refractivity contribution in [1.82, 2.24) is 10.4 Å². The van der Waals surface area contributed by atoms with Crippen molar-refractivity contribution in [1.29, 1.82) is 0 Å². The minimum Gasteiger partial charge on any atom is -0.271 e. The summed E-state index contributed by atoms with van der Waals surface area (Å²) < 4.78 is 14.1. The first-order valence-corrected chi connectivity index (χ1v) is 6.29. The molecule has 5 heteroatoms. The van der Waals surface area contributed by atoms with Crippen molar-refractivity contribution in [2.45, 2.75) is 12.5 Å². The van der Waals surface area contributed by atoms with Crippen LogP contribution >= 0.6 is 15.9 Å². The Morgan fingerprint density at radius 1 is 1.28 bits per heavy atom. The number of hydrogen-bond acceptors (Lipinski definition) is 3. The highest BCUT2D eigenvalue weighted by Gasteiger charge is 2.12. The standard InChI is InChI=1S/C13H13BrFN3/c14-11-6-10(7-12(15)8-11)13(18-16)5-9-1-3-17-4-2-9/h1-4,6-8,13,18H,5,16H2. The Bertz CT molecular complexity index is 499. The zero-order chi connectivity index (χ0) is 13.0. The van der Waals surface area contributed by atoms with Crippen molar-refractivity contribution in [3.05, 3.63) is 64.1 Å². The first-order chi connectivity index (χ1) is 8.69. The van der Waals surface area contributed by atoms with Crippen LogP contribution < -0.4 is 11.3 Å². The van der Waals surface area contributed by atoms with Gasteiger partial charge in [0, 0.05) is 16.9 Å². The first-order valence-electron chi connectivity index (χ1n) is 5.50. The van der Waals surface area contributed by atoms with Crippen LogP contribution in [0.3, 0.4) is 0 Å². The minimum absolute atomic E-state index is 0.139. The average Bonchev–Trinajstić information content (AvgIpc) is 2.36. The fourth-order valence-electron chi connectivity index (χ4n) is 1.80. The lowest BCUT2D eigenvalue weighted by Gasteiger charge is -2.16. The Morgan fingerprint density at radius 3 is 2.61 bits per heavy atom. The van der Waals surface area contributed by atoms with Crippen LogP contribution in [0, 0.1) is 5.82 Å². The van der Waals surface area contributed by atoms with Gasteiger partial charge in [0.2, 0.25) is 0 Å². The van der Waals surface area contributed by atoms with Crippen molar-refractivity contribution < 1.29 is 4.39 Å². The number of hydrogen-bond donors (Lipinski definition) is 2. The highest BCUT2D eigenvalue weighted by molar-refractivity contribution is 9.10. The van der Waals surface area contributed by atoms with Gasteiger partial charge in [0.1, 0.15) is 5.82 Å². The normalized spacial score (nSPS) is 12.4. The molecule has 0 saturated heterocycles. The molecule has 0 aliphatic heterocycles. The Morgan fingerprint density at radius 2 is 2.00 bits per heavy atom. The van der Waals surface area contributed by atoms with Gasteiger partial charge in [-0.1, -0.05) is 15.9 Å². The fraction of sp³-hybridized carbons (Fsp3) is 0.154. The third-order valence-corrected chi connectivity index (χ3v) is 3.14. The second kappa shape index (κ2) is 6.04. The monoisotopic (exact) mass is 309 g/mol. The molecule has 3 nitrogen and oxygen atoms in total. The first kappa shape index (κ1) is 13.1. The van der Waals surface area contributed by atoms with Crippen LogP contribution in [0.25, 0.3) is 0 Å². The maximum Gasteiger partial charge on any atom is 0.124 e. The topological polar surface area (TPSA) is 50.9 Å². The van der Waals surface area contributed by atoms with Crippen molar-refractivity contribution in [2.75, 3.05) is 0 Å². The van der Waals surface area contributed by atoms with Crippen molar-refractivity contribution >= 4 is 15.9 Å². The lowest BCUT2D eigenvalue weighted by atomic mass is 10.00. The summed E-state index contributed by atoms with van der Waals surface area (Å²) in [6.45, 7) is 0. The molecule has 18 heavy (non-hydrogen) atoms. The van der Waals surface area contributed by atoms with Crippen LogP contribution in [0.2, 0.25) is 0 Å². The number of halogens is 2. The molecule has 2 rings (SSSR count). The summed E-state index contributed by atoms with van der Waals surface area (Å²) in [6.07, 6.45) is 4.13. The molecule has 94 valence electrons. The fourth-order valence-corrected chi connectivity index (χ4v) is 2.29. The SMILES string of the molecule is NNC(Cc1ccncc1)c1cc(F)cc(Br)c1. The van der Waals surface area contributed by atoms with E-state index in [1.165, 1.54) is 12.1 Å². The molecule has 0 spiro atoms. The molecular weight excluding hydrogens is 297 g/mol. The van der Waals surface area contributed by atoms with E-state index in [2.05, 4.69) is 26.3 Å². The average molecular weight is 310 g/mol. The van der Waals surface area contributed by atoms with Gasteiger partial charge in [-0.25, -0.2) is 4.39 Å².